The molecule has 0 atom stereocenters. The molecule has 3 aromatic carbocycles. The van der Waals surface area contributed by atoms with Gasteiger partial charge in [-0.15, -0.1) is 0 Å². The van der Waals surface area contributed by atoms with Crippen molar-refractivity contribution in [1.82, 2.24) is 0 Å². The molecule has 0 heterocycles. The molecule has 25 heavy (non-hydrogen) atoms. The van der Waals surface area contributed by atoms with E-state index >= 15 is 0 Å². The van der Waals surface area contributed by atoms with Crippen LogP contribution in [0.1, 0.15) is 16.7 Å². The Balaban J connectivity index is 0.000000199. The molecular weight excluding hydrogens is 442 g/mol. The van der Waals surface area contributed by atoms with E-state index in [0.717, 1.165) is 0 Å². The Hall–Kier alpha value is -0.400. The molecule has 0 saturated heterocycles. The van der Waals surface area contributed by atoms with Crippen LogP contribution in [0.4, 0.5) is 0 Å². The molecule has 0 saturated carbocycles. The van der Waals surface area contributed by atoms with Gasteiger partial charge in [0.1, 0.15) is 0 Å². The molecule has 0 bridgehead atoms. The topological polar surface area (TPSA) is 0 Å². The minimum Gasteiger partial charge on any atom is -0.208 e. The molecule has 0 aliphatic carbocycles. The second-order valence-corrected chi connectivity index (χ2v) is 29.2. The molecule has 0 fully saturated rings. The quantitative estimate of drug-likeness (QED) is 0.255. The van der Waals surface area contributed by atoms with E-state index in [1.165, 1.54) is 27.8 Å². The zero-order chi connectivity index (χ0) is 18.8. The van der Waals surface area contributed by atoms with E-state index in [1.54, 1.807) is 0 Å². The number of aryl methyl sites for hydroxylation is 3. The molecule has 134 valence electrons. The molecule has 0 amide bonds. The van der Waals surface area contributed by atoms with Gasteiger partial charge in [-0.3, -0.25) is 0 Å². The summed E-state index contributed by atoms with van der Waals surface area (Å²) in [4.78, 5) is 0. The first-order chi connectivity index (χ1) is 11.8. The van der Waals surface area contributed by atoms with Crippen LogP contribution in [0, 0.1) is 20.8 Å². The van der Waals surface area contributed by atoms with Gasteiger partial charge < -0.3 is 0 Å². The Morgan fingerprint density at radius 3 is 1.84 bits per heavy atom. The van der Waals surface area contributed by atoms with Gasteiger partial charge in [0.15, 0.2) is 0 Å². The zero-order valence-corrected chi connectivity index (χ0v) is 20.6. The van der Waals surface area contributed by atoms with Gasteiger partial charge in [-0.1, -0.05) is 56.7 Å². The van der Waals surface area contributed by atoms with E-state index in [0.29, 0.717) is 0 Å². The van der Waals surface area contributed by atoms with Crippen LogP contribution < -0.4 is 0 Å². The third-order valence-corrected chi connectivity index (χ3v) is 23.4. The monoisotopic (exact) mass is 466 g/mol. The largest absolute Gasteiger partial charge is 0.208 e. The van der Waals surface area contributed by atoms with Gasteiger partial charge in [-0.05, 0) is 0 Å². The molecule has 0 radical (unpaired) electrons. The van der Waals surface area contributed by atoms with E-state index < -0.39 is 18.0 Å². The predicted octanol–water partition coefficient (Wildman–Crippen LogP) is 7.57. The van der Waals surface area contributed by atoms with E-state index in [9.17, 15) is 0 Å². The van der Waals surface area contributed by atoms with Crippen LogP contribution in [0.15, 0.2) is 66.7 Å². The molecule has 3 aromatic rings. The van der Waals surface area contributed by atoms with Crippen molar-refractivity contribution in [3.05, 3.63) is 83.4 Å². The number of benzene rings is 1. The predicted molar refractivity (Wildman–Crippen MR) is 113 cm³/mol. The molecular formula is C21H26Cl2SiZr-2. The normalized spacial score (nSPS) is 9.40. The second kappa shape index (κ2) is 12.1. The number of halogens is 2. The third kappa shape index (κ3) is 9.20. The Morgan fingerprint density at radius 1 is 0.920 bits per heavy atom. The fraction of sp³-hybridized carbons (Fsp3) is 0.238. The maximum atomic E-state index is 5.62. The van der Waals surface area contributed by atoms with Crippen LogP contribution in [0.2, 0.25) is 13.1 Å². The van der Waals surface area contributed by atoms with Crippen LogP contribution in [0.25, 0.3) is 11.1 Å². The smallest absolute Gasteiger partial charge is 0.0623 e. The van der Waals surface area contributed by atoms with Crippen LogP contribution in [0.3, 0.4) is 0 Å². The average Bonchev–Trinajstić information content (AvgIpc) is 3.20. The van der Waals surface area contributed by atoms with Gasteiger partial charge in [0.2, 0.25) is 0 Å². The van der Waals surface area contributed by atoms with Gasteiger partial charge in [0, 0.05) is 0 Å². The summed E-state index contributed by atoms with van der Waals surface area (Å²) in [7, 11) is 11.2. The van der Waals surface area contributed by atoms with Crippen molar-refractivity contribution in [3.8, 4) is 11.1 Å². The Bertz CT molecular complexity index is 734. The first-order valence-corrected chi connectivity index (χ1v) is 20.8. The first-order valence-electron chi connectivity index (χ1n) is 8.27. The van der Waals surface area contributed by atoms with Crippen LogP contribution in [0.5, 0.6) is 0 Å². The van der Waals surface area contributed by atoms with Crippen molar-refractivity contribution in [2.75, 3.05) is 0 Å². The maximum absolute atomic E-state index is 5.62. The van der Waals surface area contributed by atoms with Crippen molar-refractivity contribution >= 4 is 22.5 Å². The minimum atomic E-state index is -1.65. The van der Waals surface area contributed by atoms with Crippen LogP contribution >= 0.6 is 17.0 Å². The summed E-state index contributed by atoms with van der Waals surface area (Å²) >= 11 is -1.65. The summed E-state index contributed by atoms with van der Waals surface area (Å²) in [6.07, 6.45) is 0. The number of hydrogen-bond acceptors (Lipinski definition) is 0. The van der Waals surface area contributed by atoms with E-state index in [4.69, 9.17) is 17.0 Å². The second-order valence-electron chi connectivity index (χ2n) is 6.20. The van der Waals surface area contributed by atoms with Crippen LogP contribution in [-0.2, 0) is 18.0 Å². The summed E-state index contributed by atoms with van der Waals surface area (Å²) in [5, 5.41) is 0. The molecule has 3 rings (SSSR count). The molecule has 4 heteroatoms. The van der Waals surface area contributed by atoms with Crippen molar-refractivity contribution in [1.29, 1.82) is 0 Å². The summed E-state index contributed by atoms with van der Waals surface area (Å²) in [6.45, 7) is 10.7. The summed E-state index contributed by atoms with van der Waals surface area (Å²) in [6, 6.07) is 23.2. The van der Waals surface area contributed by atoms with Crippen LogP contribution in [-0.4, -0.2) is 5.43 Å². The molecule has 0 spiro atoms. The Labute approximate surface area is 167 Å². The summed E-state index contributed by atoms with van der Waals surface area (Å²) in [5.74, 6) is 0. The standard InChI is InChI=1S/C11H9.C8H11.C2H6Si.2ClH.Zr/c1-2-6-10(7-3-1)11-8-4-5-9-11;1-6-4-7(2)8(3)5-6;1-3-2;;;/h1-9H;4-5H,1-3H3;1-2H3;2*1H;/q2*-1;;;;+2/p-2. The average molecular weight is 469 g/mol. The van der Waals surface area contributed by atoms with Crippen molar-refractivity contribution in [2.45, 2.75) is 33.9 Å². The van der Waals surface area contributed by atoms with Gasteiger partial charge in [-0.2, -0.15) is 46.5 Å². The van der Waals surface area contributed by atoms with Gasteiger partial charge in [0.25, 0.3) is 0 Å². The molecule has 0 aliphatic heterocycles. The van der Waals surface area contributed by atoms with Crippen molar-refractivity contribution < 1.29 is 18.0 Å². The SMILES string of the molecule is C[Si](C)=[Zr]([Cl])[Cl].Cc1cc(C)c(C)[cH-]1.c1ccc(-c2cc[cH-]c2)cc1. The summed E-state index contributed by atoms with van der Waals surface area (Å²) in [5.41, 5.74) is 6.55. The van der Waals surface area contributed by atoms with E-state index in [1.807, 2.05) is 6.07 Å². The molecule has 0 nitrogen and oxygen atoms in total. The molecule has 0 unspecified atom stereocenters. The van der Waals surface area contributed by atoms with Gasteiger partial charge in [0.05, 0.1) is 0 Å². The number of rotatable bonds is 1. The first kappa shape index (κ1) is 22.6. The Morgan fingerprint density at radius 2 is 1.52 bits per heavy atom. The maximum Gasteiger partial charge on any atom is -0.0623 e. The fourth-order valence-electron chi connectivity index (χ4n) is 2.15. The Kier molecular flexibility index (Phi) is 10.9. The van der Waals surface area contributed by atoms with Gasteiger partial charge in [-0.25, -0.2) is 12.1 Å². The van der Waals surface area contributed by atoms with Gasteiger partial charge >= 0.3 is 53.5 Å². The molecule has 0 aromatic heterocycles. The van der Waals surface area contributed by atoms with Crippen molar-refractivity contribution in [2.24, 2.45) is 0 Å². The number of hydrogen-bond donors (Lipinski definition) is 0. The van der Waals surface area contributed by atoms with E-state index in [-0.39, 0.29) is 5.43 Å². The summed E-state index contributed by atoms with van der Waals surface area (Å²) < 4.78 is 0. The van der Waals surface area contributed by atoms with Crippen molar-refractivity contribution in [3.63, 3.8) is 0 Å². The third-order valence-electron chi connectivity index (χ3n) is 3.66. The molecule has 0 aliphatic rings. The molecule has 0 N–H and O–H groups in total. The van der Waals surface area contributed by atoms with E-state index in [2.05, 4.69) is 94.5 Å². The zero-order valence-electron chi connectivity index (χ0n) is 15.6. The minimum absolute atomic E-state index is 0.224. The fourth-order valence-corrected chi connectivity index (χ4v) is 2.15.